The van der Waals surface area contributed by atoms with E-state index >= 15 is 0 Å². The van der Waals surface area contributed by atoms with Gasteiger partial charge in [0.05, 0.1) is 11.1 Å². The number of aromatic nitrogens is 1. The van der Waals surface area contributed by atoms with Crippen molar-refractivity contribution in [3.05, 3.63) is 35.5 Å². The largest absolute Gasteiger partial charge is 0.418 e. The standard InChI is InChI=1S/C13H13F3N2/c14-13(15,16)11-3-1-2-9-5-10-4-8(6-17)7-18(10)12(9)11/h1-3,5,8H,4,6-7,17H2. The molecule has 1 aromatic carbocycles. The molecule has 0 bridgehead atoms. The Labute approximate surface area is 102 Å². The number of fused-ring (bicyclic) bond motifs is 3. The van der Waals surface area contributed by atoms with Crippen LogP contribution in [0, 0.1) is 5.92 Å². The Kier molecular flexibility index (Phi) is 2.41. The molecular weight excluding hydrogens is 241 g/mol. The lowest BCUT2D eigenvalue weighted by Gasteiger charge is -2.12. The molecule has 0 radical (unpaired) electrons. The molecule has 0 aliphatic carbocycles. The van der Waals surface area contributed by atoms with Gasteiger partial charge < -0.3 is 10.3 Å². The lowest BCUT2D eigenvalue weighted by Crippen LogP contribution is -2.16. The second-order valence-corrected chi connectivity index (χ2v) is 4.79. The summed E-state index contributed by atoms with van der Waals surface area (Å²) in [5.41, 5.74) is 6.31. The first-order valence-corrected chi connectivity index (χ1v) is 5.89. The third-order valence-corrected chi connectivity index (χ3v) is 3.58. The molecule has 1 aliphatic rings. The minimum absolute atomic E-state index is 0.255. The summed E-state index contributed by atoms with van der Waals surface area (Å²) < 4.78 is 40.8. The van der Waals surface area contributed by atoms with Crippen molar-refractivity contribution >= 4 is 10.9 Å². The summed E-state index contributed by atoms with van der Waals surface area (Å²) in [6.07, 6.45) is -3.54. The van der Waals surface area contributed by atoms with E-state index in [-0.39, 0.29) is 5.92 Å². The summed E-state index contributed by atoms with van der Waals surface area (Å²) in [6, 6.07) is 6.18. The zero-order valence-electron chi connectivity index (χ0n) is 9.67. The van der Waals surface area contributed by atoms with Gasteiger partial charge in [-0.2, -0.15) is 13.2 Å². The Hall–Kier alpha value is -1.49. The normalized spacial score (nSPS) is 19.4. The van der Waals surface area contributed by atoms with Crippen LogP contribution >= 0.6 is 0 Å². The Morgan fingerprint density at radius 3 is 2.78 bits per heavy atom. The van der Waals surface area contributed by atoms with E-state index in [1.165, 1.54) is 6.07 Å². The third kappa shape index (κ3) is 1.61. The fraction of sp³-hybridized carbons (Fsp3) is 0.385. The molecule has 96 valence electrons. The first-order chi connectivity index (χ1) is 8.50. The fourth-order valence-electron chi connectivity index (χ4n) is 2.76. The van der Waals surface area contributed by atoms with Gasteiger partial charge in [-0.1, -0.05) is 12.1 Å². The molecule has 1 unspecified atom stereocenters. The molecule has 0 amide bonds. The van der Waals surface area contributed by atoms with Crippen LogP contribution in [0.2, 0.25) is 0 Å². The maximum Gasteiger partial charge on any atom is 0.418 e. The smallest absolute Gasteiger partial charge is 0.344 e. The molecule has 1 aliphatic heterocycles. The molecule has 3 rings (SSSR count). The maximum atomic E-state index is 13.0. The van der Waals surface area contributed by atoms with Crippen LogP contribution in [0.3, 0.4) is 0 Å². The predicted molar refractivity (Wildman–Crippen MR) is 63.2 cm³/mol. The Bertz CT molecular complexity index is 598. The minimum atomic E-state index is -4.31. The van der Waals surface area contributed by atoms with Crippen LogP contribution in [-0.4, -0.2) is 11.1 Å². The number of hydrogen-bond acceptors (Lipinski definition) is 1. The molecule has 1 atom stereocenters. The number of alkyl halides is 3. The topological polar surface area (TPSA) is 30.9 Å². The number of hydrogen-bond donors (Lipinski definition) is 1. The van der Waals surface area contributed by atoms with Crippen LogP contribution in [0.4, 0.5) is 13.2 Å². The molecule has 18 heavy (non-hydrogen) atoms. The van der Waals surface area contributed by atoms with Crippen LogP contribution in [0.15, 0.2) is 24.3 Å². The van der Waals surface area contributed by atoms with Gasteiger partial charge in [0.1, 0.15) is 0 Å². The van der Waals surface area contributed by atoms with Crippen molar-refractivity contribution in [2.24, 2.45) is 11.7 Å². The molecule has 0 fully saturated rings. The zero-order valence-corrected chi connectivity index (χ0v) is 9.67. The van der Waals surface area contributed by atoms with Crippen molar-refractivity contribution in [3.63, 3.8) is 0 Å². The fourth-order valence-corrected chi connectivity index (χ4v) is 2.76. The van der Waals surface area contributed by atoms with E-state index in [0.29, 0.717) is 24.0 Å². The summed E-state index contributed by atoms with van der Waals surface area (Å²) >= 11 is 0. The molecule has 2 nitrogen and oxygen atoms in total. The van der Waals surface area contributed by atoms with E-state index in [9.17, 15) is 13.2 Å². The number of halogens is 3. The van der Waals surface area contributed by atoms with E-state index in [2.05, 4.69) is 0 Å². The highest BCUT2D eigenvalue weighted by molar-refractivity contribution is 5.85. The molecule has 0 spiro atoms. The minimum Gasteiger partial charge on any atom is -0.344 e. The molecule has 2 N–H and O–H groups in total. The summed E-state index contributed by atoms with van der Waals surface area (Å²) in [5, 5.41) is 0.662. The highest BCUT2D eigenvalue weighted by atomic mass is 19.4. The van der Waals surface area contributed by atoms with E-state index in [1.54, 1.807) is 10.6 Å². The van der Waals surface area contributed by atoms with E-state index < -0.39 is 11.7 Å². The number of para-hydroxylation sites is 1. The lowest BCUT2D eigenvalue weighted by molar-refractivity contribution is -0.136. The zero-order chi connectivity index (χ0) is 12.9. The van der Waals surface area contributed by atoms with Crippen LogP contribution in [-0.2, 0) is 19.1 Å². The Balaban J connectivity index is 2.23. The van der Waals surface area contributed by atoms with Crippen molar-refractivity contribution in [1.82, 2.24) is 4.57 Å². The van der Waals surface area contributed by atoms with Crippen molar-refractivity contribution < 1.29 is 13.2 Å². The van der Waals surface area contributed by atoms with Crippen molar-refractivity contribution in [1.29, 1.82) is 0 Å². The van der Waals surface area contributed by atoms with Crippen LogP contribution < -0.4 is 5.73 Å². The van der Waals surface area contributed by atoms with E-state index in [0.717, 1.165) is 18.2 Å². The van der Waals surface area contributed by atoms with Gasteiger partial charge >= 0.3 is 6.18 Å². The van der Waals surface area contributed by atoms with Gasteiger partial charge in [0.15, 0.2) is 0 Å². The quantitative estimate of drug-likeness (QED) is 0.833. The molecule has 2 heterocycles. The Morgan fingerprint density at radius 2 is 2.11 bits per heavy atom. The first-order valence-electron chi connectivity index (χ1n) is 5.89. The molecular formula is C13H13F3N2. The second-order valence-electron chi connectivity index (χ2n) is 4.79. The number of nitrogens with zero attached hydrogens (tertiary/aromatic N) is 1. The van der Waals surface area contributed by atoms with Crippen molar-refractivity contribution in [2.75, 3.05) is 6.54 Å². The van der Waals surface area contributed by atoms with Gasteiger partial charge in [-0.25, -0.2) is 0 Å². The molecule has 2 aromatic rings. The molecule has 0 saturated carbocycles. The number of benzene rings is 1. The average molecular weight is 254 g/mol. The van der Waals surface area contributed by atoms with Gasteiger partial charge in [-0.3, -0.25) is 0 Å². The first kappa shape index (κ1) is 11.6. The average Bonchev–Trinajstić information content (AvgIpc) is 2.83. The number of rotatable bonds is 1. The highest BCUT2D eigenvalue weighted by Gasteiger charge is 2.35. The molecule has 1 aromatic heterocycles. The molecule has 5 heteroatoms. The second kappa shape index (κ2) is 3.75. The van der Waals surface area contributed by atoms with Crippen molar-refractivity contribution in [2.45, 2.75) is 19.1 Å². The van der Waals surface area contributed by atoms with Crippen LogP contribution in [0.5, 0.6) is 0 Å². The lowest BCUT2D eigenvalue weighted by atomic mass is 10.1. The summed E-state index contributed by atoms with van der Waals surface area (Å²) in [6.45, 7) is 1.10. The maximum absolute atomic E-state index is 13.0. The predicted octanol–water partition coefficient (Wildman–Crippen LogP) is 2.79. The van der Waals surface area contributed by atoms with Gasteiger partial charge in [0, 0.05) is 17.6 Å². The van der Waals surface area contributed by atoms with Gasteiger partial charge in [-0.15, -0.1) is 0 Å². The number of nitrogens with two attached hydrogens (primary N) is 1. The van der Waals surface area contributed by atoms with E-state index in [1.807, 2.05) is 6.07 Å². The van der Waals surface area contributed by atoms with Gasteiger partial charge in [0.2, 0.25) is 0 Å². The summed E-state index contributed by atoms with van der Waals surface area (Å²) in [4.78, 5) is 0. The van der Waals surface area contributed by atoms with Crippen molar-refractivity contribution in [3.8, 4) is 0 Å². The SMILES string of the molecule is NCC1Cc2cc3cccc(C(F)(F)F)c3n2C1. The summed E-state index contributed by atoms with van der Waals surface area (Å²) in [5.74, 6) is 0.255. The Morgan fingerprint density at radius 1 is 1.33 bits per heavy atom. The van der Waals surface area contributed by atoms with Gasteiger partial charge in [0.25, 0.3) is 0 Å². The molecule has 0 saturated heterocycles. The van der Waals surface area contributed by atoms with Crippen LogP contribution in [0.1, 0.15) is 11.3 Å². The third-order valence-electron chi connectivity index (χ3n) is 3.58. The summed E-state index contributed by atoms with van der Waals surface area (Å²) in [7, 11) is 0. The van der Waals surface area contributed by atoms with Gasteiger partial charge in [-0.05, 0) is 31.0 Å². The highest BCUT2D eigenvalue weighted by Crippen LogP contribution is 2.38. The van der Waals surface area contributed by atoms with Crippen LogP contribution in [0.25, 0.3) is 10.9 Å². The van der Waals surface area contributed by atoms with E-state index in [4.69, 9.17) is 5.73 Å². The monoisotopic (exact) mass is 254 g/mol.